The number of fused-ring (bicyclic) bond motifs is 1. The Bertz CT molecular complexity index is 929. The maximum atomic E-state index is 11.0. The molecule has 0 bridgehead atoms. The van der Waals surface area contributed by atoms with Crippen molar-refractivity contribution in [2.45, 2.75) is 85.0 Å². The average molecular weight is 394 g/mol. The van der Waals surface area contributed by atoms with Crippen LogP contribution in [0.15, 0.2) is 30.3 Å². The number of aryl methyl sites for hydroxylation is 3. The molecule has 0 saturated carbocycles. The number of hydrogen-bond donors (Lipinski definition) is 1. The first-order valence-corrected chi connectivity index (χ1v) is 11.4. The first kappa shape index (κ1) is 21.4. The van der Waals surface area contributed by atoms with Gasteiger partial charge in [-0.25, -0.2) is 0 Å². The summed E-state index contributed by atoms with van der Waals surface area (Å²) in [5, 5.41) is 20.4. The van der Waals surface area contributed by atoms with E-state index in [1.807, 2.05) is 6.07 Å². The molecule has 1 heterocycles. The molecule has 1 N–H and O–H groups in total. The van der Waals surface area contributed by atoms with Gasteiger partial charge < -0.3 is 5.11 Å². The minimum absolute atomic E-state index is 0.328. The Hall–Kier alpha value is -2.36. The van der Waals surface area contributed by atoms with E-state index in [0.29, 0.717) is 11.4 Å². The van der Waals surface area contributed by atoms with Gasteiger partial charge >= 0.3 is 0 Å². The topological polar surface area (TPSA) is 50.9 Å². The van der Waals surface area contributed by atoms with Crippen LogP contribution in [0.1, 0.15) is 82.4 Å². The zero-order valence-electron chi connectivity index (χ0n) is 18.2. The lowest BCUT2D eigenvalue weighted by atomic mass is 9.99. The van der Waals surface area contributed by atoms with Gasteiger partial charge in [0.05, 0.1) is 0 Å². The molecule has 4 heteroatoms. The number of aromatic nitrogens is 3. The Labute approximate surface area is 175 Å². The highest BCUT2D eigenvalue weighted by molar-refractivity contribution is 5.75. The van der Waals surface area contributed by atoms with E-state index in [0.717, 1.165) is 48.7 Å². The number of phenols is 1. The summed E-state index contributed by atoms with van der Waals surface area (Å²) in [6.45, 7) is 6.62. The molecule has 29 heavy (non-hydrogen) atoms. The van der Waals surface area contributed by atoms with Crippen LogP contribution >= 0.6 is 0 Å². The first-order chi connectivity index (χ1) is 14.2. The average Bonchev–Trinajstić information content (AvgIpc) is 3.13. The minimum atomic E-state index is 0.328. The third kappa shape index (κ3) is 5.37. The maximum absolute atomic E-state index is 11.0. The highest BCUT2D eigenvalue weighted by atomic mass is 16.3. The van der Waals surface area contributed by atoms with Crippen LogP contribution in [0.2, 0.25) is 0 Å². The molecular formula is C25H35N3O. The third-order valence-electron chi connectivity index (χ3n) is 5.55. The monoisotopic (exact) mass is 393 g/mol. The fraction of sp³-hybridized carbons (Fsp3) is 0.520. The summed E-state index contributed by atoms with van der Waals surface area (Å²) < 4.78 is 0. The summed E-state index contributed by atoms with van der Waals surface area (Å²) in [5.74, 6) is 0.328. The largest absolute Gasteiger partial charge is 0.505 e. The van der Waals surface area contributed by atoms with E-state index in [2.05, 4.69) is 50.1 Å². The first-order valence-electron chi connectivity index (χ1n) is 11.4. The van der Waals surface area contributed by atoms with Crippen LogP contribution < -0.4 is 0 Å². The van der Waals surface area contributed by atoms with E-state index in [-0.39, 0.29) is 0 Å². The Balaban J connectivity index is 1.97. The van der Waals surface area contributed by atoms with Crippen LogP contribution in [-0.4, -0.2) is 20.1 Å². The van der Waals surface area contributed by atoms with Crippen molar-refractivity contribution in [3.63, 3.8) is 0 Å². The zero-order valence-corrected chi connectivity index (χ0v) is 18.2. The predicted octanol–water partition coefficient (Wildman–Crippen LogP) is 6.54. The van der Waals surface area contributed by atoms with Crippen molar-refractivity contribution in [1.29, 1.82) is 0 Å². The predicted molar refractivity (Wildman–Crippen MR) is 121 cm³/mol. The highest BCUT2D eigenvalue weighted by Crippen LogP contribution is 2.30. The molecule has 0 amide bonds. The van der Waals surface area contributed by atoms with Gasteiger partial charge in [0.25, 0.3) is 0 Å². The third-order valence-corrected chi connectivity index (χ3v) is 5.55. The fourth-order valence-corrected chi connectivity index (χ4v) is 3.89. The minimum Gasteiger partial charge on any atom is -0.505 e. The van der Waals surface area contributed by atoms with Gasteiger partial charge in [-0.3, -0.25) is 0 Å². The summed E-state index contributed by atoms with van der Waals surface area (Å²) in [6, 6.07) is 10.5. The summed E-state index contributed by atoms with van der Waals surface area (Å²) in [5.41, 5.74) is 6.04. The van der Waals surface area contributed by atoms with Crippen molar-refractivity contribution in [3.8, 4) is 11.4 Å². The van der Waals surface area contributed by atoms with Crippen LogP contribution in [0, 0.1) is 0 Å². The number of nitrogens with zero attached hydrogens (tertiary/aromatic N) is 3. The molecular weight excluding hydrogens is 358 g/mol. The lowest BCUT2D eigenvalue weighted by Crippen LogP contribution is -2.03. The van der Waals surface area contributed by atoms with Gasteiger partial charge in [0, 0.05) is 0 Å². The molecule has 0 aliphatic heterocycles. The fourth-order valence-electron chi connectivity index (χ4n) is 3.89. The zero-order chi connectivity index (χ0) is 20.6. The second-order valence-electron chi connectivity index (χ2n) is 8.10. The van der Waals surface area contributed by atoms with Gasteiger partial charge in [-0.05, 0) is 67.0 Å². The van der Waals surface area contributed by atoms with E-state index in [1.165, 1.54) is 43.2 Å². The van der Waals surface area contributed by atoms with Crippen LogP contribution in [0.5, 0.6) is 5.75 Å². The van der Waals surface area contributed by atoms with E-state index in [1.54, 1.807) is 4.80 Å². The van der Waals surface area contributed by atoms with E-state index < -0.39 is 0 Å². The highest BCUT2D eigenvalue weighted by Gasteiger charge is 2.15. The molecule has 3 aromatic rings. The van der Waals surface area contributed by atoms with Gasteiger partial charge in [0.1, 0.15) is 22.5 Å². The molecule has 0 spiro atoms. The second kappa shape index (κ2) is 10.4. The van der Waals surface area contributed by atoms with Crippen molar-refractivity contribution < 1.29 is 5.11 Å². The Kier molecular flexibility index (Phi) is 7.68. The normalized spacial score (nSPS) is 11.4. The molecule has 0 radical (unpaired) electrons. The lowest BCUT2D eigenvalue weighted by Gasteiger charge is -2.12. The van der Waals surface area contributed by atoms with Crippen molar-refractivity contribution in [2.75, 3.05) is 0 Å². The van der Waals surface area contributed by atoms with Crippen molar-refractivity contribution in [2.24, 2.45) is 0 Å². The molecule has 2 aromatic carbocycles. The smallest absolute Gasteiger partial charge is 0.146 e. The van der Waals surface area contributed by atoms with Gasteiger partial charge in [-0.15, -0.1) is 15.0 Å². The number of unbranched alkanes of at least 4 members (excludes halogenated alkanes) is 4. The van der Waals surface area contributed by atoms with Gasteiger partial charge in [-0.2, -0.15) is 0 Å². The molecule has 0 fully saturated rings. The lowest BCUT2D eigenvalue weighted by molar-refractivity contribution is 0.458. The van der Waals surface area contributed by atoms with Crippen LogP contribution in [0.4, 0.5) is 0 Å². The summed E-state index contributed by atoms with van der Waals surface area (Å²) in [6.07, 6.45) is 11.1. The summed E-state index contributed by atoms with van der Waals surface area (Å²) in [4.78, 5) is 1.63. The van der Waals surface area contributed by atoms with Crippen LogP contribution in [0.25, 0.3) is 16.7 Å². The quantitative estimate of drug-likeness (QED) is 0.376. The molecule has 0 saturated heterocycles. The molecule has 4 nitrogen and oxygen atoms in total. The van der Waals surface area contributed by atoms with Gasteiger partial charge in [0.2, 0.25) is 0 Å². The maximum Gasteiger partial charge on any atom is 0.146 e. The molecule has 156 valence electrons. The van der Waals surface area contributed by atoms with Crippen LogP contribution in [0.3, 0.4) is 0 Å². The number of phenolic OH excluding ortho intramolecular Hbond substituents is 1. The van der Waals surface area contributed by atoms with E-state index in [9.17, 15) is 5.11 Å². The number of rotatable bonds is 11. The summed E-state index contributed by atoms with van der Waals surface area (Å²) >= 11 is 0. The molecule has 0 unspecified atom stereocenters. The standard InChI is InChI=1S/C25H35N3O/c1-4-7-9-12-20-16-21(13-10-8-5-2)25(29)24(18-20)28-26-22-15-14-19(11-6-3)17-23(22)27-28/h14-18,29H,4-13H2,1-3H3. The SMILES string of the molecule is CCCCCc1cc(CCCCC)c(O)c(-n2nc3ccc(CCC)cc3n2)c1. The number of aromatic hydroxyl groups is 1. The van der Waals surface area contributed by atoms with Crippen molar-refractivity contribution in [1.82, 2.24) is 15.0 Å². The van der Waals surface area contributed by atoms with Crippen molar-refractivity contribution >= 4 is 11.0 Å². The van der Waals surface area contributed by atoms with E-state index >= 15 is 0 Å². The summed E-state index contributed by atoms with van der Waals surface area (Å²) in [7, 11) is 0. The molecule has 3 rings (SSSR count). The van der Waals surface area contributed by atoms with Crippen LogP contribution in [-0.2, 0) is 19.3 Å². The van der Waals surface area contributed by atoms with Gasteiger partial charge in [-0.1, -0.05) is 65.0 Å². The number of hydrogen-bond acceptors (Lipinski definition) is 3. The molecule has 0 aliphatic rings. The van der Waals surface area contributed by atoms with E-state index in [4.69, 9.17) is 5.10 Å². The molecule has 0 atom stereocenters. The van der Waals surface area contributed by atoms with Crippen molar-refractivity contribution in [3.05, 3.63) is 47.0 Å². The molecule has 0 aliphatic carbocycles. The van der Waals surface area contributed by atoms with Gasteiger partial charge in [0.15, 0.2) is 0 Å². The Morgan fingerprint density at radius 1 is 0.724 bits per heavy atom. The Morgan fingerprint density at radius 2 is 1.45 bits per heavy atom. The second-order valence-corrected chi connectivity index (χ2v) is 8.10. The Morgan fingerprint density at radius 3 is 2.17 bits per heavy atom. The molecule has 1 aromatic heterocycles. The number of benzene rings is 2.